The normalized spacial score (nSPS) is 19.9. The van der Waals surface area contributed by atoms with Crippen molar-refractivity contribution in [3.05, 3.63) is 29.8 Å². The van der Waals surface area contributed by atoms with Gasteiger partial charge in [0.05, 0.1) is 6.10 Å². The molecule has 1 aliphatic heterocycles. The van der Waals surface area contributed by atoms with Crippen LogP contribution in [-0.4, -0.2) is 30.1 Å². The molecule has 116 valence electrons. The van der Waals surface area contributed by atoms with E-state index in [4.69, 9.17) is 0 Å². The molecule has 0 radical (unpaired) electrons. The summed E-state index contributed by atoms with van der Waals surface area (Å²) in [4.78, 5) is 14.4. The quantitative estimate of drug-likeness (QED) is 0.895. The lowest BCUT2D eigenvalue weighted by Crippen LogP contribution is -2.46. The van der Waals surface area contributed by atoms with Crippen molar-refractivity contribution in [1.82, 2.24) is 5.32 Å². The number of hydrogen-bond acceptors (Lipinski definition) is 3. The van der Waals surface area contributed by atoms with E-state index in [0.717, 1.165) is 30.6 Å². The van der Waals surface area contributed by atoms with Crippen LogP contribution in [0.2, 0.25) is 0 Å². The van der Waals surface area contributed by atoms with Crippen LogP contribution in [0.3, 0.4) is 0 Å². The Morgan fingerprint density at radius 2 is 2.10 bits per heavy atom. The van der Waals surface area contributed by atoms with E-state index in [1.165, 1.54) is 0 Å². The molecule has 0 spiro atoms. The largest absolute Gasteiger partial charge is 0.388 e. The van der Waals surface area contributed by atoms with Gasteiger partial charge >= 0.3 is 0 Å². The fourth-order valence-electron chi connectivity index (χ4n) is 2.76. The Morgan fingerprint density at radius 1 is 1.38 bits per heavy atom. The van der Waals surface area contributed by atoms with Crippen molar-refractivity contribution in [3.63, 3.8) is 0 Å². The smallest absolute Gasteiger partial charge is 0.242 e. The van der Waals surface area contributed by atoms with Gasteiger partial charge in [0.25, 0.3) is 0 Å². The van der Waals surface area contributed by atoms with Gasteiger partial charge in [-0.25, -0.2) is 0 Å². The molecule has 1 amide bonds. The Morgan fingerprint density at radius 3 is 2.81 bits per heavy atom. The van der Waals surface area contributed by atoms with E-state index in [1.807, 2.05) is 31.2 Å². The summed E-state index contributed by atoms with van der Waals surface area (Å²) in [6.45, 7) is 7.60. The number of hydrogen-bond donors (Lipinski definition) is 2. The van der Waals surface area contributed by atoms with Gasteiger partial charge in [-0.1, -0.05) is 32.0 Å². The zero-order chi connectivity index (χ0) is 15.4. The zero-order valence-electron chi connectivity index (χ0n) is 13.2. The maximum atomic E-state index is 12.3. The number of carbonyl (C=O) groups excluding carboxylic acids is 1. The highest BCUT2D eigenvalue weighted by atomic mass is 16.3. The third kappa shape index (κ3) is 3.76. The van der Waals surface area contributed by atoms with E-state index in [-0.39, 0.29) is 11.9 Å². The molecule has 0 aliphatic carbocycles. The zero-order valence-corrected chi connectivity index (χ0v) is 13.2. The second kappa shape index (κ2) is 6.94. The average molecular weight is 290 g/mol. The van der Waals surface area contributed by atoms with Crippen LogP contribution in [0.4, 0.5) is 5.69 Å². The van der Waals surface area contributed by atoms with Gasteiger partial charge in [-0.3, -0.25) is 4.79 Å². The summed E-state index contributed by atoms with van der Waals surface area (Å²) in [5.74, 6) is 0.495. The van der Waals surface area contributed by atoms with E-state index in [2.05, 4.69) is 24.1 Å². The van der Waals surface area contributed by atoms with Crippen molar-refractivity contribution in [2.24, 2.45) is 5.92 Å². The fraction of sp³-hybridized carbons (Fsp3) is 0.588. The summed E-state index contributed by atoms with van der Waals surface area (Å²) >= 11 is 0. The maximum absolute atomic E-state index is 12.3. The molecule has 1 heterocycles. The van der Waals surface area contributed by atoms with Gasteiger partial charge in [-0.15, -0.1) is 0 Å². The number of aliphatic hydroxyl groups is 1. The van der Waals surface area contributed by atoms with Gasteiger partial charge < -0.3 is 15.3 Å². The first-order chi connectivity index (χ1) is 10.0. The first kappa shape index (κ1) is 15.8. The third-order valence-corrected chi connectivity index (χ3v) is 4.01. The summed E-state index contributed by atoms with van der Waals surface area (Å²) in [5, 5.41) is 13.2. The van der Waals surface area contributed by atoms with Crippen LogP contribution in [-0.2, 0) is 4.79 Å². The SMILES string of the molecule is CC(C)CNC(=O)C(C)N1CCCC(O)c2ccccc21. The molecule has 2 rings (SSSR count). The van der Waals surface area contributed by atoms with Gasteiger partial charge in [0.2, 0.25) is 5.91 Å². The van der Waals surface area contributed by atoms with Gasteiger partial charge in [0.15, 0.2) is 0 Å². The van der Waals surface area contributed by atoms with Crippen LogP contribution in [0.15, 0.2) is 24.3 Å². The molecule has 2 atom stereocenters. The third-order valence-electron chi connectivity index (χ3n) is 4.01. The molecule has 0 bridgehead atoms. The molecule has 0 fully saturated rings. The summed E-state index contributed by atoms with van der Waals surface area (Å²) < 4.78 is 0. The molecule has 0 saturated heterocycles. The number of amides is 1. The van der Waals surface area contributed by atoms with E-state index in [9.17, 15) is 9.90 Å². The molecule has 1 aliphatic rings. The fourth-order valence-corrected chi connectivity index (χ4v) is 2.76. The lowest BCUT2D eigenvalue weighted by atomic mass is 10.0. The lowest BCUT2D eigenvalue weighted by Gasteiger charge is -2.31. The standard InChI is InChI=1S/C17H26N2O2/c1-12(2)11-18-17(21)13(3)19-10-6-9-16(20)14-7-4-5-8-15(14)19/h4-5,7-8,12-13,16,20H,6,9-11H2,1-3H3,(H,18,21). The summed E-state index contributed by atoms with van der Waals surface area (Å²) in [7, 11) is 0. The van der Waals surface area contributed by atoms with Crippen molar-refractivity contribution < 1.29 is 9.90 Å². The van der Waals surface area contributed by atoms with Gasteiger partial charge in [-0.2, -0.15) is 0 Å². The number of para-hydroxylation sites is 1. The highest BCUT2D eigenvalue weighted by Gasteiger charge is 2.27. The summed E-state index contributed by atoms with van der Waals surface area (Å²) in [5.41, 5.74) is 1.91. The highest BCUT2D eigenvalue weighted by molar-refractivity contribution is 5.85. The predicted molar refractivity (Wildman–Crippen MR) is 85.3 cm³/mol. The molecule has 0 saturated carbocycles. The molecular formula is C17H26N2O2. The van der Waals surface area contributed by atoms with Crippen LogP contribution in [0.1, 0.15) is 45.3 Å². The van der Waals surface area contributed by atoms with E-state index in [1.54, 1.807) is 0 Å². The number of anilines is 1. The first-order valence-corrected chi connectivity index (χ1v) is 7.82. The maximum Gasteiger partial charge on any atom is 0.242 e. The van der Waals surface area contributed by atoms with E-state index >= 15 is 0 Å². The minimum atomic E-state index is -0.433. The summed E-state index contributed by atoms with van der Waals surface area (Å²) in [6.07, 6.45) is 1.20. The van der Waals surface area contributed by atoms with Gasteiger partial charge in [0, 0.05) is 24.3 Å². The molecule has 1 aromatic carbocycles. The van der Waals surface area contributed by atoms with Crippen molar-refractivity contribution in [2.75, 3.05) is 18.0 Å². The molecule has 2 N–H and O–H groups in total. The second-order valence-corrected chi connectivity index (χ2v) is 6.23. The first-order valence-electron chi connectivity index (χ1n) is 7.82. The van der Waals surface area contributed by atoms with Crippen LogP contribution in [0.25, 0.3) is 0 Å². The minimum absolute atomic E-state index is 0.0508. The molecule has 4 heteroatoms. The summed E-state index contributed by atoms with van der Waals surface area (Å²) in [6, 6.07) is 7.63. The van der Waals surface area contributed by atoms with Gasteiger partial charge in [-0.05, 0) is 31.7 Å². The Kier molecular flexibility index (Phi) is 5.23. The molecule has 4 nitrogen and oxygen atoms in total. The Labute approximate surface area is 127 Å². The monoisotopic (exact) mass is 290 g/mol. The van der Waals surface area contributed by atoms with E-state index in [0.29, 0.717) is 12.5 Å². The number of nitrogens with zero attached hydrogens (tertiary/aromatic N) is 1. The van der Waals surface area contributed by atoms with E-state index < -0.39 is 6.10 Å². The Hall–Kier alpha value is -1.55. The van der Waals surface area contributed by atoms with Gasteiger partial charge in [0.1, 0.15) is 6.04 Å². The Bertz CT molecular complexity index is 487. The molecule has 21 heavy (non-hydrogen) atoms. The topological polar surface area (TPSA) is 52.6 Å². The predicted octanol–water partition coefficient (Wildman–Crippen LogP) is 2.48. The molecule has 2 unspecified atom stereocenters. The van der Waals surface area contributed by atoms with Crippen molar-refractivity contribution in [1.29, 1.82) is 0 Å². The lowest BCUT2D eigenvalue weighted by molar-refractivity contribution is -0.122. The average Bonchev–Trinajstić information content (AvgIpc) is 2.64. The molecular weight excluding hydrogens is 264 g/mol. The highest BCUT2D eigenvalue weighted by Crippen LogP contribution is 2.33. The Balaban J connectivity index is 2.18. The number of nitrogens with one attached hydrogen (secondary N) is 1. The minimum Gasteiger partial charge on any atom is -0.388 e. The van der Waals surface area contributed by atoms with Crippen LogP contribution >= 0.6 is 0 Å². The van der Waals surface area contributed by atoms with Crippen molar-refractivity contribution >= 4 is 11.6 Å². The van der Waals surface area contributed by atoms with Crippen LogP contribution < -0.4 is 10.2 Å². The second-order valence-electron chi connectivity index (χ2n) is 6.23. The number of benzene rings is 1. The molecule has 0 aromatic heterocycles. The number of carbonyl (C=O) groups is 1. The number of aliphatic hydroxyl groups excluding tert-OH is 1. The number of fused-ring (bicyclic) bond motifs is 1. The number of rotatable bonds is 4. The van der Waals surface area contributed by atoms with Crippen LogP contribution in [0, 0.1) is 5.92 Å². The van der Waals surface area contributed by atoms with Crippen LogP contribution in [0.5, 0.6) is 0 Å². The molecule has 1 aromatic rings. The van der Waals surface area contributed by atoms with Crippen molar-refractivity contribution in [3.8, 4) is 0 Å². The van der Waals surface area contributed by atoms with Crippen molar-refractivity contribution in [2.45, 2.75) is 45.8 Å².